The summed E-state index contributed by atoms with van der Waals surface area (Å²) in [5.41, 5.74) is 1.14. The lowest BCUT2D eigenvalue weighted by Crippen LogP contribution is -2.48. The number of benzene rings is 1. The second kappa shape index (κ2) is 8.93. The van der Waals surface area contributed by atoms with Crippen LogP contribution >= 0.6 is 11.3 Å². The Morgan fingerprint density at radius 2 is 1.77 bits per heavy atom. The molecule has 0 atom stereocenters. The van der Waals surface area contributed by atoms with Crippen molar-refractivity contribution in [3.8, 4) is 0 Å². The summed E-state index contributed by atoms with van der Waals surface area (Å²) in [6.07, 6.45) is 0. The van der Waals surface area contributed by atoms with Gasteiger partial charge in [-0.2, -0.15) is 0 Å². The zero-order chi connectivity index (χ0) is 18.4. The SMILES string of the molecule is COC(=O)c1ccc(NC(=O)CN2CCN(Cc3cccs3)CC2)cc1. The van der Waals surface area contributed by atoms with Gasteiger partial charge in [0.1, 0.15) is 0 Å². The first-order valence-electron chi connectivity index (χ1n) is 8.59. The predicted octanol–water partition coefficient (Wildman–Crippen LogP) is 2.29. The molecule has 1 saturated heterocycles. The van der Waals surface area contributed by atoms with Gasteiger partial charge in [0.15, 0.2) is 0 Å². The number of thiophene rings is 1. The van der Waals surface area contributed by atoms with E-state index in [1.165, 1.54) is 12.0 Å². The Labute approximate surface area is 157 Å². The van der Waals surface area contributed by atoms with Crippen molar-refractivity contribution in [2.24, 2.45) is 0 Å². The maximum Gasteiger partial charge on any atom is 0.337 e. The third-order valence-electron chi connectivity index (χ3n) is 4.38. The van der Waals surface area contributed by atoms with Crippen LogP contribution in [0.3, 0.4) is 0 Å². The molecule has 1 N–H and O–H groups in total. The lowest BCUT2D eigenvalue weighted by Gasteiger charge is -2.34. The summed E-state index contributed by atoms with van der Waals surface area (Å²) in [5.74, 6) is -0.425. The van der Waals surface area contributed by atoms with Crippen molar-refractivity contribution >= 4 is 28.9 Å². The molecular weight excluding hydrogens is 350 g/mol. The highest BCUT2D eigenvalue weighted by Gasteiger charge is 2.19. The minimum absolute atomic E-state index is 0.0393. The highest BCUT2D eigenvalue weighted by atomic mass is 32.1. The molecule has 0 spiro atoms. The second-order valence-corrected chi connectivity index (χ2v) is 7.28. The number of ether oxygens (including phenoxy) is 1. The molecule has 1 fully saturated rings. The quantitative estimate of drug-likeness (QED) is 0.788. The van der Waals surface area contributed by atoms with Crippen molar-refractivity contribution in [3.05, 3.63) is 52.2 Å². The molecule has 138 valence electrons. The van der Waals surface area contributed by atoms with Gasteiger partial charge in [0.25, 0.3) is 0 Å². The minimum Gasteiger partial charge on any atom is -0.465 e. The van der Waals surface area contributed by atoms with Crippen LogP contribution < -0.4 is 5.32 Å². The molecule has 6 nitrogen and oxygen atoms in total. The lowest BCUT2D eigenvalue weighted by molar-refractivity contribution is -0.117. The molecule has 1 amide bonds. The number of piperazine rings is 1. The Bertz CT molecular complexity index is 723. The summed E-state index contributed by atoms with van der Waals surface area (Å²) in [6.45, 7) is 5.09. The monoisotopic (exact) mass is 373 g/mol. The van der Waals surface area contributed by atoms with E-state index in [4.69, 9.17) is 0 Å². The van der Waals surface area contributed by atoms with E-state index < -0.39 is 0 Å². The standard InChI is InChI=1S/C19H23N3O3S/c1-25-19(24)15-4-6-16(7-5-15)20-18(23)14-22-10-8-21(9-11-22)13-17-3-2-12-26-17/h2-7,12H,8-11,13-14H2,1H3,(H,20,23). The van der Waals surface area contributed by atoms with E-state index in [-0.39, 0.29) is 11.9 Å². The van der Waals surface area contributed by atoms with E-state index in [2.05, 4.69) is 37.4 Å². The fourth-order valence-corrected chi connectivity index (χ4v) is 3.69. The third kappa shape index (κ3) is 5.14. The number of methoxy groups -OCH3 is 1. The Hall–Kier alpha value is -2.22. The van der Waals surface area contributed by atoms with Crippen LogP contribution in [0.1, 0.15) is 15.2 Å². The molecule has 0 aliphatic carbocycles. The Morgan fingerprint density at radius 1 is 1.08 bits per heavy atom. The van der Waals surface area contributed by atoms with Crippen molar-refractivity contribution in [2.75, 3.05) is 45.2 Å². The number of rotatable bonds is 6. The molecule has 1 aromatic carbocycles. The molecule has 7 heteroatoms. The Balaban J connectivity index is 1.42. The number of carbonyl (C=O) groups is 2. The average molecular weight is 373 g/mol. The van der Waals surface area contributed by atoms with Crippen molar-refractivity contribution in [3.63, 3.8) is 0 Å². The molecular formula is C19H23N3O3S. The van der Waals surface area contributed by atoms with E-state index in [0.717, 1.165) is 32.7 Å². The maximum absolute atomic E-state index is 12.2. The van der Waals surface area contributed by atoms with E-state index in [0.29, 0.717) is 17.8 Å². The van der Waals surface area contributed by atoms with Gasteiger partial charge in [0, 0.05) is 43.3 Å². The summed E-state index contributed by atoms with van der Waals surface area (Å²) >= 11 is 1.79. The molecule has 1 aromatic heterocycles. The van der Waals surface area contributed by atoms with Crippen LogP contribution in [-0.2, 0) is 16.1 Å². The zero-order valence-electron chi connectivity index (χ0n) is 14.8. The molecule has 26 heavy (non-hydrogen) atoms. The van der Waals surface area contributed by atoms with Gasteiger partial charge < -0.3 is 10.1 Å². The molecule has 1 aliphatic heterocycles. The van der Waals surface area contributed by atoms with Crippen LogP contribution in [0.4, 0.5) is 5.69 Å². The van der Waals surface area contributed by atoms with Gasteiger partial charge in [-0.15, -0.1) is 11.3 Å². The number of carbonyl (C=O) groups excluding carboxylic acids is 2. The number of esters is 1. The van der Waals surface area contributed by atoms with Crippen molar-refractivity contribution < 1.29 is 14.3 Å². The van der Waals surface area contributed by atoms with Gasteiger partial charge in [-0.25, -0.2) is 4.79 Å². The first kappa shape index (κ1) is 18.6. The number of nitrogens with one attached hydrogen (secondary N) is 1. The summed E-state index contributed by atoms with van der Waals surface area (Å²) in [6, 6.07) is 11.0. The highest BCUT2D eigenvalue weighted by molar-refractivity contribution is 7.09. The van der Waals surface area contributed by atoms with Crippen LogP contribution in [0.25, 0.3) is 0 Å². The van der Waals surface area contributed by atoms with Crippen molar-refractivity contribution in [1.82, 2.24) is 9.80 Å². The summed E-state index contributed by atoms with van der Waals surface area (Å²) in [7, 11) is 1.35. The largest absolute Gasteiger partial charge is 0.465 e. The fourth-order valence-electron chi connectivity index (χ4n) is 2.94. The molecule has 3 rings (SSSR count). The second-order valence-electron chi connectivity index (χ2n) is 6.25. The van der Waals surface area contributed by atoms with Crippen molar-refractivity contribution in [1.29, 1.82) is 0 Å². The molecule has 0 radical (unpaired) electrons. The number of hydrogen-bond donors (Lipinski definition) is 1. The number of hydrogen-bond acceptors (Lipinski definition) is 6. The van der Waals surface area contributed by atoms with Gasteiger partial charge in [-0.3, -0.25) is 14.6 Å². The number of amides is 1. The van der Waals surface area contributed by atoms with E-state index in [9.17, 15) is 9.59 Å². The number of nitrogens with zero attached hydrogens (tertiary/aromatic N) is 2. The zero-order valence-corrected chi connectivity index (χ0v) is 15.6. The molecule has 2 heterocycles. The Kier molecular flexibility index (Phi) is 6.38. The molecule has 0 bridgehead atoms. The number of anilines is 1. The van der Waals surface area contributed by atoms with E-state index >= 15 is 0 Å². The highest BCUT2D eigenvalue weighted by Crippen LogP contribution is 2.14. The lowest BCUT2D eigenvalue weighted by atomic mass is 10.2. The molecule has 0 saturated carbocycles. The van der Waals surface area contributed by atoms with Gasteiger partial charge in [0.05, 0.1) is 19.2 Å². The Morgan fingerprint density at radius 3 is 2.38 bits per heavy atom. The average Bonchev–Trinajstić information content (AvgIpc) is 3.16. The van der Waals surface area contributed by atoms with Gasteiger partial charge >= 0.3 is 5.97 Å². The summed E-state index contributed by atoms with van der Waals surface area (Å²) in [4.78, 5) is 29.6. The van der Waals surface area contributed by atoms with E-state index in [1.54, 1.807) is 35.6 Å². The smallest absolute Gasteiger partial charge is 0.337 e. The third-order valence-corrected chi connectivity index (χ3v) is 5.24. The topological polar surface area (TPSA) is 61.9 Å². The molecule has 0 unspecified atom stereocenters. The van der Waals surface area contributed by atoms with Crippen LogP contribution in [0.5, 0.6) is 0 Å². The summed E-state index contributed by atoms with van der Waals surface area (Å²) in [5, 5.41) is 4.98. The van der Waals surface area contributed by atoms with Crippen LogP contribution in [0.15, 0.2) is 41.8 Å². The molecule has 2 aromatic rings. The fraction of sp³-hybridized carbons (Fsp3) is 0.368. The van der Waals surface area contributed by atoms with Gasteiger partial charge in [-0.05, 0) is 35.7 Å². The van der Waals surface area contributed by atoms with Crippen LogP contribution in [0, 0.1) is 0 Å². The first-order valence-corrected chi connectivity index (χ1v) is 9.47. The normalized spacial score (nSPS) is 15.6. The summed E-state index contributed by atoms with van der Waals surface area (Å²) < 4.78 is 4.66. The van der Waals surface area contributed by atoms with Gasteiger partial charge in [0.2, 0.25) is 5.91 Å². The first-order chi connectivity index (χ1) is 12.6. The molecule has 1 aliphatic rings. The minimum atomic E-state index is -0.386. The van der Waals surface area contributed by atoms with Gasteiger partial charge in [-0.1, -0.05) is 6.07 Å². The predicted molar refractivity (Wildman–Crippen MR) is 102 cm³/mol. The van der Waals surface area contributed by atoms with E-state index in [1.807, 2.05) is 0 Å². The van der Waals surface area contributed by atoms with Crippen LogP contribution in [0.2, 0.25) is 0 Å². The van der Waals surface area contributed by atoms with Crippen LogP contribution in [-0.4, -0.2) is 61.5 Å². The van der Waals surface area contributed by atoms with Crippen molar-refractivity contribution in [2.45, 2.75) is 6.54 Å². The maximum atomic E-state index is 12.2.